The van der Waals surface area contributed by atoms with Crippen LogP contribution in [-0.4, -0.2) is 23.1 Å². The van der Waals surface area contributed by atoms with Gasteiger partial charge in [-0.3, -0.25) is 4.79 Å². The first kappa shape index (κ1) is 19.8. The Hall–Kier alpha value is -2.95. The lowest BCUT2D eigenvalue weighted by atomic mass is 9.77. The highest BCUT2D eigenvalue weighted by molar-refractivity contribution is 5.81. The number of nitrogens with two attached hydrogens (primary N) is 1. The van der Waals surface area contributed by atoms with E-state index in [4.69, 9.17) is 5.73 Å². The number of hydrogen-bond acceptors (Lipinski definition) is 3. The minimum Gasteiger partial charge on any atom is -0.378 e. The van der Waals surface area contributed by atoms with E-state index in [1.807, 2.05) is 91.0 Å². The third-order valence-corrected chi connectivity index (χ3v) is 4.94. The largest absolute Gasteiger partial charge is 0.378 e. The van der Waals surface area contributed by atoms with Gasteiger partial charge in [-0.15, -0.1) is 0 Å². The molecule has 2 atom stereocenters. The summed E-state index contributed by atoms with van der Waals surface area (Å²) in [5.41, 5.74) is 6.84. The highest BCUT2D eigenvalue weighted by Gasteiger charge is 2.41. The molecule has 0 heterocycles. The van der Waals surface area contributed by atoms with Crippen molar-refractivity contribution in [3.8, 4) is 0 Å². The average Bonchev–Trinajstić information content (AvgIpc) is 2.74. The molecule has 0 spiro atoms. The van der Waals surface area contributed by atoms with Gasteiger partial charge in [0.05, 0.1) is 12.1 Å². The molecular formula is C24H26N2O2. The summed E-state index contributed by atoms with van der Waals surface area (Å²) in [7, 11) is 0. The molecular weight excluding hydrogens is 348 g/mol. The molecule has 3 aromatic rings. The molecule has 0 aliphatic rings. The zero-order chi connectivity index (χ0) is 20.0. The fraction of sp³-hybridized carbons (Fsp3) is 0.208. The van der Waals surface area contributed by atoms with Crippen LogP contribution in [0.4, 0.5) is 0 Å². The second kappa shape index (κ2) is 8.83. The molecule has 0 saturated carbocycles. The maximum atomic E-state index is 12.5. The van der Waals surface area contributed by atoms with Gasteiger partial charge in [0, 0.05) is 0 Å². The van der Waals surface area contributed by atoms with Gasteiger partial charge in [-0.2, -0.15) is 0 Å². The molecule has 0 aliphatic carbocycles. The van der Waals surface area contributed by atoms with Gasteiger partial charge in [0.25, 0.3) is 0 Å². The molecule has 0 unspecified atom stereocenters. The monoisotopic (exact) mass is 374 g/mol. The molecule has 0 fully saturated rings. The summed E-state index contributed by atoms with van der Waals surface area (Å²) in [5, 5.41) is 15.0. The zero-order valence-electron chi connectivity index (χ0n) is 16.0. The maximum Gasteiger partial charge on any atom is 0.236 e. The van der Waals surface area contributed by atoms with Gasteiger partial charge in [0.1, 0.15) is 5.60 Å². The Morgan fingerprint density at radius 3 is 1.75 bits per heavy atom. The van der Waals surface area contributed by atoms with Crippen molar-refractivity contribution in [1.29, 1.82) is 0 Å². The standard InChI is InChI=1S/C24H26N2O2/c1-18(25)23(27)26-22(17-19-11-5-2-6-12-19)24(28,20-13-7-3-8-14-20)21-15-9-4-10-16-21/h2-16,18,22,28H,17,25H2,1H3,(H,26,27)/t18-,22-/m0/s1. The second-order valence-corrected chi connectivity index (χ2v) is 7.04. The predicted molar refractivity (Wildman–Crippen MR) is 112 cm³/mol. The lowest BCUT2D eigenvalue weighted by Crippen LogP contribution is -2.55. The fourth-order valence-electron chi connectivity index (χ4n) is 3.41. The van der Waals surface area contributed by atoms with Crippen LogP contribution in [0.2, 0.25) is 0 Å². The molecule has 4 N–H and O–H groups in total. The van der Waals surface area contributed by atoms with Crippen molar-refractivity contribution in [2.45, 2.75) is 31.0 Å². The first-order valence-corrected chi connectivity index (χ1v) is 9.45. The molecule has 3 aromatic carbocycles. The van der Waals surface area contributed by atoms with Crippen molar-refractivity contribution in [3.63, 3.8) is 0 Å². The molecule has 3 rings (SSSR count). The van der Waals surface area contributed by atoms with Crippen LogP contribution < -0.4 is 11.1 Å². The Bertz CT molecular complexity index is 841. The molecule has 0 bridgehead atoms. The fourth-order valence-corrected chi connectivity index (χ4v) is 3.41. The van der Waals surface area contributed by atoms with E-state index in [-0.39, 0.29) is 5.91 Å². The minimum atomic E-state index is -1.41. The molecule has 28 heavy (non-hydrogen) atoms. The van der Waals surface area contributed by atoms with Gasteiger partial charge in [0.2, 0.25) is 5.91 Å². The van der Waals surface area contributed by atoms with Crippen LogP contribution in [0, 0.1) is 0 Å². The number of nitrogens with one attached hydrogen (secondary N) is 1. The van der Waals surface area contributed by atoms with Crippen molar-refractivity contribution < 1.29 is 9.90 Å². The first-order chi connectivity index (χ1) is 13.5. The number of carbonyl (C=O) groups is 1. The molecule has 4 heteroatoms. The van der Waals surface area contributed by atoms with Crippen molar-refractivity contribution in [3.05, 3.63) is 108 Å². The topological polar surface area (TPSA) is 75.4 Å². The van der Waals surface area contributed by atoms with Crippen molar-refractivity contribution >= 4 is 5.91 Å². The van der Waals surface area contributed by atoms with Gasteiger partial charge in [-0.25, -0.2) is 0 Å². The van der Waals surface area contributed by atoms with E-state index in [0.29, 0.717) is 17.5 Å². The number of amides is 1. The summed E-state index contributed by atoms with van der Waals surface area (Å²) in [5.74, 6) is -0.300. The van der Waals surface area contributed by atoms with E-state index < -0.39 is 17.7 Å². The van der Waals surface area contributed by atoms with Crippen molar-refractivity contribution in [2.75, 3.05) is 0 Å². The summed E-state index contributed by atoms with van der Waals surface area (Å²) in [6, 6.07) is 27.4. The molecule has 4 nitrogen and oxygen atoms in total. The number of carbonyl (C=O) groups excluding carboxylic acids is 1. The number of hydrogen-bond donors (Lipinski definition) is 3. The van der Waals surface area contributed by atoms with E-state index in [1.54, 1.807) is 6.92 Å². The molecule has 0 saturated heterocycles. The van der Waals surface area contributed by atoms with Gasteiger partial charge in [0.15, 0.2) is 0 Å². The van der Waals surface area contributed by atoms with Gasteiger partial charge in [-0.1, -0.05) is 91.0 Å². The van der Waals surface area contributed by atoms with Crippen LogP contribution in [0.3, 0.4) is 0 Å². The van der Waals surface area contributed by atoms with E-state index in [9.17, 15) is 9.90 Å². The van der Waals surface area contributed by atoms with Crippen LogP contribution in [0.1, 0.15) is 23.6 Å². The first-order valence-electron chi connectivity index (χ1n) is 9.45. The third kappa shape index (κ3) is 4.30. The Kier molecular flexibility index (Phi) is 6.24. The SMILES string of the molecule is C[C@H](N)C(=O)N[C@@H](Cc1ccccc1)C(O)(c1ccccc1)c1ccccc1. The van der Waals surface area contributed by atoms with Crippen LogP contribution in [0.5, 0.6) is 0 Å². The highest BCUT2D eigenvalue weighted by Crippen LogP contribution is 2.34. The summed E-state index contributed by atoms with van der Waals surface area (Å²) < 4.78 is 0. The van der Waals surface area contributed by atoms with E-state index in [1.165, 1.54) is 0 Å². The van der Waals surface area contributed by atoms with Gasteiger partial charge >= 0.3 is 0 Å². The van der Waals surface area contributed by atoms with Crippen molar-refractivity contribution in [1.82, 2.24) is 5.32 Å². The smallest absolute Gasteiger partial charge is 0.236 e. The maximum absolute atomic E-state index is 12.5. The second-order valence-electron chi connectivity index (χ2n) is 7.04. The van der Waals surface area contributed by atoms with Crippen LogP contribution >= 0.6 is 0 Å². The van der Waals surface area contributed by atoms with E-state index >= 15 is 0 Å². The van der Waals surface area contributed by atoms with E-state index in [0.717, 1.165) is 5.56 Å². The highest BCUT2D eigenvalue weighted by atomic mass is 16.3. The number of rotatable bonds is 7. The molecule has 0 radical (unpaired) electrons. The Morgan fingerprint density at radius 2 is 1.32 bits per heavy atom. The van der Waals surface area contributed by atoms with Gasteiger partial charge < -0.3 is 16.2 Å². The van der Waals surface area contributed by atoms with Gasteiger partial charge in [-0.05, 0) is 30.0 Å². The molecule has 144 valence electrons. The normalized spacial score (nSPS) is 13.5. The number of aliphatic hydroxyl groups is 1. The summed E-state index contributed by atoms with van der Waals surface area (Å²) in [4.78, 5) is 12.5. The lowest BCUT2D eigenvalue weighted by molar-refractivity contribution is -0.124. The summed E-state index contributed by atoms with van der Waals surface area (Å²) in [6.45, 7) is 1.64. The molecule has 1 amide bonds. The van der Waals surface area contributed by atoms with Crippen molar-refractivity contribution in [2.24, 2.45) is 5.73 Å². The quantitative estimate of drug-likeness (QED) is 0.595. The van der Waals surface area contributed by atoms with Crippen LogP contribution in [0.15, 0.2) is 91.0 Å². The summed E-state index contributed by atoms with van der Waals surface area (Å²) >= 11 is 0. The third-order valence-electron chi connectivity index (χ3n) is 4.94. The number of benzene rings is 3. The predicted octanol–water partition coefficient (Wildman–Crippen LogP) is 3.00. The average molecular weight is 374 g/mol. The van der Waals surface area contributed by atoms with Crippen LogP contribution in [-0.2, 0) is 16.8 Å². The zero-order valence-corrected chi connectivity index (χ0v) is 16.0. The Labute approximate surface area is 166 Å². The molecule has 0 aromatic heterocycles. The Balaban J connectivity index is 2.11. The van der Waals surface area contributed by atoms with Crippen LogP contribution in [0.25, 0.3) is 0 Å². The lowest BCUT2D eigenvalue weighted by Gasteiger charge is -2.38. The Morgan fingerprint density at radius 1 is 0.893 bits per heavy atom. The van der Waals surface area contributed by atoms with E-state index in [2.05, 4.69) is 5.32 Å². The summed E-state index contributed by atoms with van der Waals surface area (Å²) in [6.07, 6.45) is 0.458. The molecule has 0 aliphatic heterocycles. The minimum absolute atomic E-state index is 0.300.